The molecule has 0 fully saturated rings. The highest BCUT2D eigenvalue weighted by atomic mass is 32.1. The molecule has 0 amide bonds. The molecule has 0 unspecified atom stereocenters. The van der Waals surface area contributed by atoms with E-state index in [1.807, 2.05) is 30.3 Å². The third-order valence-electron chi connectivity index (χ3n) is 2.96. The molecule has 0 aliphatic carbocycles. The van der Waals surface area contributed by atoms with E-state index >= 15 is 0 Å². The molecule has 0 aromatic heterocycles. The van der Waals surface area contributed by atoms with Gasteiger partial charge >= 0.3 is 0 Å². The van der Waals surface area contributed by atoms with E-state index in [0.717, 1.165) is 5.69 Å². The van der Waals surface area contributed by atoms with Gasteiger partial charge in [0.25, 0.3) is 0 Å². The van der Waals surface area contributed by atoms with E-state index in [-0.39, 0.29) is 6.04 Å². The lowest BCUT2D eigenvalue weighted by atomic mass is 10.1. The standard InChI is InChI=1S/C16H18N2S/c1-12-8-10-15(11-9-12)18-16(19)17-13(2)14-6-4-3-5-7-14/h3-11,13H,1-2H3,(H2,17,18,19)/t13-/m1/s1. The van der Waals surface area contributed by atoms with Crippen molar-refractivity contribution in [2.75, 3.05) is 5.32 Å². The van der Waals surface area contributed by atoms with Gasteiger partial charge in [-0.15, -0.1) is 0 Å². The van der Waals surface area contributed by atoms with E-state index in [1.54, 1.807) is 0 Å². The number of aryl methyl sites for hydroxylation is 1. The zero-order chi connectivity index (χ0) is 13.7. The Hall–Kier alpha value is -1.87. The number of thiocarbonyl (C=S) groups is 1. The summed E-state index contributed by atoms with van der Waals surface area (Å²) in [6.45, 7) is 4.16. The van der Waals surface area contributed by atoms with Crippen molar-refractivity contribution in [1.82, 2.24) is 5.32 Å². The van der Waals surface area contributed by atoms with Gasteiger partial charge in [-0.2, -0.15) is 0 Å². The van der Waals surface area contributed by atoms with Crippen LogP contribution >= 0.6 is 12.2 Å². The highest BCUT2D eigenvalue weighted by Crippen LogP contribution is 2.12. The van der Waals surface area contributed by atoms with E-state index in [9.17, 15) is 0 Å². The topological polar surface area (TPSA) is 24.1 Å². The van der Waals surface area contributed by atoms with Crippen molar-refractivity contribution in [3.05, 3.63) is 65.7 Å². The quantitative estimate of drug-likeness (QED) is 0.823. The summed E-state index contributed by atoms with van der Waals surface area (Å²) in [5.41, 5.74) is 3.46. The third-order valence-corrected chi connectivity index (χ3v) is 3.18. The summed E-state index contributed by atoms with van der Waals surface area (Å²) in [5.74, 6) is 0. The van der Waals surface area contributed by atoms with Crippen LogP contribution in [0.4, 0.5) is 5.69 Å². The lowest BCUT2D eigenvalue weighted by molar-refractivity contribution is 0.722. The van der Waals surface area contributed by atoms with Gasteiger partial charge in [0.05, 0.1) is 6.04 Å². The van der Waals surface area contributed by atoms with Crippen LogP contribution in [0.15, 0.2) is 54.6 Å². The molecule has 0 saturated heterocycles. The van der Waals surface area contributed by atoms with Gasteiger partial charge in [-0.25, -0.2) is 0 Å². The van der Waals surface area contributed by atoms with Gasteiger partial charge in [-0.3, -0.25) is 0 Å². The SMILES string of the molecule is Cc1ccc(NC(=S)N[C@H](C)c2ccccc2)cc1. The van der Waals surface area contributed by atoms with Crippen LogP contribution in [-0.4, -0.2) is 5.11 Å². The first-order valence-electron chi connectivity index (χ1n) is 6.34. The molecule has 0 radical (unpaired) electrons. The van der Waals surface area contributed by atoms with Gasteiger partial charge < -0.3 is 10.6 Å². The molecule has 0 heterocycles. The summed E-state index contributed by atoms with van der Waals surface area (Å²) in [7, 11) is 0. The monoisotopic (exact) mass is 270 g/mol. The molecule has 0 bridgehead atoms. The fraction of sp³-hybridized carbons (Fsp3) is 0.188. The molecule has 2 nitrogen and oxygen atoms in total. The molecule has 0 saturated carbocycles. The minimum atomic E-state index is 0.187. The number of nitrogens with one attached hydrogen (secondary N) is 2. The van der Waals surface area contributed by atoms with Crippen molar-refractivity contribution < 1.29 is 0 Å². The minimum absolute atomic E-state index is 0.187. The Morgan fingerprint density at radius 1 is 1.00 bits per heavy atom. The van der Waals surface area contributed by atoms with Crippen LogP contribution < -0.4 is 10.6 Å². The second kappa shape index (κ2) is 6.34. The molecule has 0 spiro atoms. The van der Waals surface area contributed by atoms with Crippen molar-refractivity contribution in [2.45, 2.75) is 19.9 Å². The predicted molar refractivity (Wildman–Crippen MR) is 85.4 cm³/mol. The molecular formula is C16H18N2S. The van der Waals surface area contributed by atoms with Gasteiger partial charge in [0.1, 0.15) is 0 Å². The fourth-order valence-corrected chi connectivity index (χ4v) is 2.12. The first-order valence-corrected chi connectivity index (χ1v) is 6.75. The highest BCUT2D eigenvalue weighted by Gasteiger charge is 2.06. The Morgan fingerprint density at radius 2 is 1.63 bits per heavy atom. The number of anilines is 1. The zero-order valence-corrected chi connectivity index (χ0v) is 12.0. The first kappa shape index (κ1) is 13.6. The van der Waals surface area contributed by atoms with Crippen LogP contribution in [0.25, 0.3) is 0 Å². The largest absolute Gasteiger partial charge is 0.356 e. The summed E-state index contributed by atoms with van der Waals surface area (Å²) in [6.07, 6.45) is 0. The molecule has 19 heavy (non-hydrogen) atoms. The number of hydrogen-bond donors (Lipinski definition) is 2. The molecule has 1 atom stereocenters. The Morgan fingerprint density at radius 3 is 2.26 bits per heavy atom. The van der Waals surface area contributed by atoms with Crippen molar-refractivity contribution in [3.8, 4) is 0 Å². The van der Waals surface area contributed by atoms with E-state index in [4.69, 9.17) is 12.2 Å². The van der Waals surface area contributed by atoms with Crippen molar-refractivity contribution in [1.29, 1.82) is 0 Å². The molecule has 2 rings (SSSR count). The number of rotatable bonds is 3. The van der Waals surface area contributed by atoms with Crippen molar-refractivity contribution in [3.63, 3.8) is 0 Å². The summed E-state index contributed by atoms with van der Waals surface area (Å²) in [6, 6.07) is 18.6. The molecule has 0 aliphatic heterocycles. The fourth-order valence-electron chi connectivity index (χ4n) is 1.83. The van der Waals surface area contributed by atoms with Crippen LogP contribution in [0.5, 0.6) is 0 Å². The Kier molecular flexibility index (Phi) is 4.53. The van der Waals surface area contributed by atoms with Gasteiger partial charge in [0.15, 0.2) is 5.11 Å². The maximum Gasteiger partial charge on any atom is 0.171 e. The minimum Gasteiger partial charge on any atom is -0.356 e. The molecule has 98 valence electrons. The van der Waals surface area contributed by atoms with E-state index in [2.05, 4.69) is 48.7 Å². The van der Waals surface area contributed by atoms with Gasteiger partial charge in [-0.05, 0) is 43.8 Å². The smallest absolute Gasteiger partial charge is 0.171 e. The average Bonchev–Trinajstić information content (AvgIpc) is 2.42. The normalized spacial score (nSPS) is 11.7. The van der Waals surface area contributed by atoms with E-state index < -0.39 is 0 Å². The van der Waals surface area contributed by atoms with Crippen molar-refractivity contribution >= 4 is 23.0 Å². The number of hydrogen-bond acceptors (Lipinski definition) is 1. The molecule has 0 aliphatic rings. The Bertz CT molecular complexity index is 534. The average molecular weight is 270 g/mol. The second-order valence-corrected chi connectivity index (χ2v) is 5.01. The van der Waals surface area contributed by atoms with Crippen molar-refractivity contribution in [2.24, 2.45) is 0 Å². The van der Waals surface area contributed by atoms with Gasteiger partial charge in [0.2, 0.25) is 0 Å². The van der Waals surface area contributed by atoms with Gasteiger partial charge in [-0.1, -0.05) is 48.0 Å². The molecule has 2 N–H and O–H groups in total. The predicted octanol–water partition coefficient (Wildman–Crippen LogP) is 4.04. The second-order valence-electron chi connectivity index (χ2n) is 4.60. The first-order chi connectivity index (χ1) is 9.15. The zero-order valence-electron chi connectivity index (χ0n) is 11.2. The lowest BCUT2D eigenvalue weighted by Gasteiger charge is -2.17. The van der Waals surface area contributed by atoms with Crippen LogP contribution in [0.2, 0.25) is 0 Å². The number of benzene rings is 2. The van der Waals surface area contributed by atoms with E-state index in [1.165, 1.54) is 11.1 Å². The third kappa shape index (κ3) is 4.07. The Balaban J connectivity index is 1.93. The molecule has 3 heteroatoms. The summed E-state index contributed by atoms with van der Waals surface area (Å²) < 4.78 is 0. The van der Waals surface area contributed by atoms with Crippen LogP contribution in [0, 0.1) is 6.92 Å². The van der Waals surface area contributed by atoms with Gasteiger partial charge in [0, 0.05) is 5.69 Å². The van der Waals surface area contributed by atoms with Crippen LogP contribution in [0.3, 0.4) is 0 Å². The molecular weight excluding hydrogens is 252 g/mol. The maximum absolute atomic E-state index is 5.32. The summed E-state index contributed by atoms with van der Waals surface area (Å²) >= 11 is 5.32. The highest BCUT2D eigenvalue weighted by molar-refractivity contribution is 7.80. The molecule has 2 aromatic rings. The van der Waals surface area contributed by atoms with Crippen LogP contribution in [-0.2, 0) is 0 Å². The van der Waals surface area contributed by atoms with E-state index in [0.29, 0.717) is 5.11 Å². The molecule has 2 aromatic carbocycles. The Labute approximate surface area is 119 Å². The summed E-state index contributed by atoms with van der Waals surface area (Å²) in [5, 5.41) is 7.11. The van der Waals surface area contributed by atoms with Crippen LogP contribution in [0.1, 0.15) is 24.1 Å². The summed E-state index contributed by atoms with van der Waals surface area (Å²) in [4.78, 5) is 0. The maximum atomic E-state index is 5.32. The lowest BCUT2D eigenvalue weighted by Crippen LogP contribution is -2.30.